The normalized spacial score (nSPS) is 15.2. The average molecular weight is 439 g/mol. The lowest BCUT2D eigenvalue weighted by Crippen LogP contribution is -2.45. The van der Waals surface area contributed by atoms with Crippen LogP contribution in [0.15, 0.2) is 46.9 Å². The van der Waals surface area contributed by atoms with Gasteiger partial charge in [0.05, 0.1) is 4.47 Å². The van der Waals surface area contributed by atoms with Crippen molar-refractivity contribution in [3.63, 3.8) is 0 Å². The van der Waals surface area contributed by atoms with Crippen molar-refractivity contribution in [3.05, 3.63) is 63.1 Å². The van der Waals surface area contributed by atoms with Crippen molar-refractivity contribution >= 4 is 27.5 Å². The van der Waals surface area contributed by atoms with E-state index in [0.717, 1.165) is 66.6 Å². The fourth-order valence-electron chi connectivity index (χ4n) is 2.92. The van der Waals surface area contributed by atoms with Gasteiger partial charge in [-0.25, -0.2) is 0 Å². The maximum absolute atomic E-state index is 5.91. The number of halogens is 2. The summed E-state index contributed by atoms with van der Waals surface area (Å²) in [5.74, 6) is 0.851. The van der Waals surface area contributed by atoms with E-state index < -0.39 is 0 Å². The number of rotatable bonds is 8. The molecular weight excluding hydrogens is 414 g/mol. The third-order valence-electron chi connectivity index (χ3n) is 4.45. The Morgan fingerprint density at radius 1 is 1.08 bits per heavy atom. The highest BCUT2D eigenvalue weighted by molar-refractivity contribution is 9.10. The van der Waals surface area contributed by atoms with Crippen molar-refractivity contribution in [2.75, 3.05) is 39.3 Å². The lowest BCUT2D eigenvalue weighted by molar-refractivity contribution is 0.241. The van der Waals surface area contributed by atoms with Gasteiger partial charge in [0, 0.05) is 50.8 Å². The first-order valence-electron chi connectivity index (χ1n) is 9.00. The first-order valence-corrected chi connectivity index (χ1v) is 10.2. The number of hydrogen-bond donors (Lipinski definition) is 2. The zero-order valence-electron chi connectivity index (χ0n) is 14.8. The summed E-state index contributed by atoms with van der Waals surface area (Å²) in [7, 11) is 0. The van der Waals surface area contributed by atoms with Gasteiger partial charge in [0.1, 0.15) is 12.4 Å². The van der Waals surface area contributed by atoms with Crippen LogP contribution in [0.25, 0.3) is 0 Å². The second kappa shape index (κ2) is 10.3. The van der Waals surface area contributed by atoms with Crippen LogP contribution in [0.5, 0.6) is 5.75 Å². The van der Waals surface area contributed by atoms with E-state index >= 15 is 0 Å². The fourth-order valence-corrected chi connectivity index (χ4v) is 3.58. The summed E-state index contributed by atoms with van der Waals surface area (Å²) in [6.45, 7) is 7.99. The largest absolute Gasteiger partial charge is 0.488 e. The third kappa shape index (κ3) is 6.25. The van der Waals surface area contributed by atoms with Gasteiger partial charge in [-0.1, -0.05) is 29.8 Å². The molecule has 1 fully saturated rings. The van der Waals surface area contributed by atoms with Crippen LogP contribution in [-0.4, -0.2) is 44.2 Å². The molecule has 0 aliphatic carbocycles. The number of piperazine rings is 1. The van der Waals surface area contributed by atoms with E-state index in [2.05, 4.69) is 43.6 Å². The van der Waals surface area contributed by atoms with Crippen LogP contribution in [0.3, 0.4) is 0 Å². The molecule has 6 heteroatoms. The lowest BCUT2D eigenvalue weighted by atomic mass is 10.2. The molecule has 26 heavy (non-hydrogen) atoms. The van der Waals surface area contributed by atoms with Crippen LogP contribution >= 0.6 is 27.5 Å². The number of nitrogens with one attached hydrogen (secondary N) is 2. The summed E-state index contributed by atoms with van der Waals surface area (Å²) < 4.78 is 6.88. The molecule has 4 nitrogen and oxygen atoms in total. The predicted octanol–water partition coefficient (Wildman–Crippen LogP) is 3.68. The van der Waals surface area contributed by atoms with Crippen LogP contribution in [-0.2, 0) is 13.2 Å². The Kier molecular flexibility index (Phi) is 7.77. The van der Waals surface area contributed by atoms with Gasteiger partial charge < -0.3 is 15.4 Å². The Labute approximate surface area is 169 Å². The van der Waals surface area contributed by atoms with Gasteiger partial charge in [-0.2, -0.15) is 0 Å². The first-order chi connectivity index (χ1) is 12.7. The zero-order valence-corrected chi connectivity index (χ0v) is 17.2. The molecule has 140 valence electrons. The van der Waals surface area contributed by atoms with Gasteiger partial charge >= 0.3 is 0 Å². The Morgan fingerprint density at radius 3 is 2.54 bits per heavy atom. The van der Waals surface area contributed by atoms with E-state index in [-0.39, 0.29) is 0 Å². The minimum Gasteiger partial charge on any atom is -0.488 e. The van der Waals surface area contributed by atoms with Crippen LogP contribution in [0.1, 0.15) is 11.1 Å². The molecule has 2 N–H and O–H groups in total. The standard InChI is InChI=1S/C20H25BrClN3O/c21-19-13-17(14-24-9-12-25-10-7-23-8-11-25)3-6-20(19)26-15-16-1-4-18(22)5-2-16/h1-6,13,23-24H,7-12,14-15H2. The van der Waals surface area contributed by atoms with Crippen molar-refractivity contribution < 1.29 is 4.74 Å². The molecule has 0 amide bonds. The Bertz CT molecular complexity index is 690. The summed E-state index contributed by atoms with van der Waals surface area (Å²) in [4.78, 5) is 2.49. The van der Waals surface area contributed by atoms with Gasteiger partial charge in [0.25, 0.3) is 0 Å². The molecule has 1 heterocycles. The predicted molar refractivity (Wildman–Crippen MR) is 111 cm³/mol. The van der Waals surface area contributed by atoms with Crippen LogP contribution in [0.2, 0.25) is 5.02 Å². The summed E-state index contributed by atoms with van der Waals surface area (Å²) in [5, 5.41) is 7.64. The zero-order chi connectivity index (χ0) is 18.2. The van der Waals surface area contributed by atoms with E-state index in [9.17, 15) is 0 Å². The molecule has 2 aromatic carbocycles. The summed E-state index contributed by atoms with van der Waals surface area (Å²) in [5.41, 5.74) is 2.34. The van der Waals surface area contributed by atoms with Gasteiger partial charge in [0.15, 0.2) is 0 Å². The van der Waals surface area contributed by atoms with Crippen molar-refractivity contribution in [3.8, 4) is 5.75 Å². The van der Waals surface area contributed by atoms with Crippen molar-refractivity contribution in [2.24, 2.45) is 0 Å². The second-order valence-electron chi connectivity index (χ2n) is 6.45. The summed E-state index contributed by atoms with van der Waals surface area (Å²) in [6.07, 6.45) is 0. The van der Waals surface area contributed by atoms with Crippen molar-refractivity contribution in [1.29, 1.82) is 0 Å². The van der Waals surface area contributed by atoms with Crippen molar-refractivity contribution in [2.45, 2.75) is 13.2 Å². The summed E-state index contributed by atoms with van der Waals surface area (Å²) >= 11 is 9.52. The molecule has 0 unspecified atom stereocenters. The van der Waals surface area contributed by atoms with E-state index in [1.807, 2.05) is 30.3 Å². The minimum absolute atomic E-state index is 0.526. The topological polar surface area (TPSA) is 36.5 Å². The fraction of sp³-hybridized carbons (Fsp3) is 0.400. The maximum Gasteiger partial charge on any atom is 0.134 e. The third-order valence-corrected chi connectivity index (χ3v) is 5.32. The van der Waals surface area contributed by atoms with Crippen LogP contribution < -0.4 is 15.4 Å². The van der Waals surface area contributed by atoms with Crippen LogP contribution in [0.4, 0.5) is 0 Å². The van der Waals surface area contributed by atoms with Gasteiger partial charge in [-0.15, -0.1) is 0 Å². The number of ether oxygens (including phenoxy) is 1. The van der Waals surface area contributed by atoms with E-state index in [1.54, 1.807) is 0 Å². The number of nitrogens with zero attached hydrogens (tertiary/aromatic N) is 1. The lowest BCUT2D eigenvalue weighted by Gasteiger charge is -2.27. The highest BCUT2D eigenvalue weighted by Gasteiger charge is 2.08. The minimum atomic E-state index is 0.526. The molecule has 0 atom stereocenters. The Balaban J connectivity index is 1.42. The van der Waals surface area contributed by atoms with E-state index in [0.29, 0.717) is 6.61 Å². The number of hydrogen-bond acceptors (Lipinski definition) is 4. The molecule has 1 saturated heterocycles. The first kappa shape index (κ1) is 19.6. The molecule has 0 radical (unpaired) electrons. The quantitative estimate of drug-likeness (QED) is 0.617. The molecule has 0 aromatic heterocycles. The monoisotopic (exact) mass is 437 g/mol. The highest BCUT2D eigenvalue weighted by Crippen LogP contribution is 2.27. The maximum atomic E-state index is 5.91. The molecule has 1 aliphatic heterocycles. The highest BCUT2D eigenvalue weighted by atomic mass is 79.9. The molecule has 0 bridgehead atoms. The summed E-state index contributed by atoms with van der Waals surface area (Å²) in [6, 6.07) is 14.0. The Morgan fingerprint density at radius 2 is 1.81 bits per heavy atom. The van der Waals surface area contributed by atoms with Gasteiger partial charge in [-0.05, 0) is 51.3 Å². The molecule has 0 spiro atoms. The molecule has 1 aliphatic rings. The molecule has 2 aromatic rings. The van der Waals surface area contributed by atoms with Gasteiger partial charge in [0.2, 0.25) is 0 Å². The van der Waals surface area contributed by atoms with Crippen molar-refractivity contribution in [1.82, 2.24) is 15.5 Å². The second-order valence-corrected chi connectivity index (χ2v) is 7.74. The SMILES string of the molecule is Clc1ccc(COc2ccc(CNCCN3CCNCC3)cc2Br)cc1. The van der Waals surface area contributed by atoms with Gasteiger partial charge in [-0.3, -0.25) is 4.90 Å². The number of benzene rings is 2. The molecule has 0 saturated carbocycles. The smallest absolute Gasteiger partial charge is 0.134 e. The molecule has 3 rings (SSSR count). The van der Waals surface area contributed by atoms with E-state index in [1.165, 1.54) is 5.56 Å². The van der Waals surface area contributed by atoms with E-state index in [4.69, 9.17) is 16.3 Å². The average Bonchev–Trinajstić information content (AvgIpc) is 2.67. The Hall–Kier alpha value is -1.11. The molecular formula is C20H25BrClN3O. The van der Waals surface area contributed by atoms with Crippen LogP contribution in [0, 0.1) is 0 Å².